The van der Waals surface area contributed by atoms with Crippen LogP contribution in [0.1, 0.15) is 37.9 Å². The highest BCUT2D eigenvalue weighted by Crippen LogP contribution is 2.38. The molecule has 7 nitrogen and oxygen atoms in total. The topological polar surface area (TPSA) is 81.2 Å². The molecule has 170 valence electrons. The molecule has 0 aliphatic carbocycles. The predicted molar refractivity (Wildman–Crippen MR) is 111 cm³/mol. The Bertz CT molecular complexity index is 907. The van der Waals surface area contributed by atoms with Gasteiger partial charge in [-0.3, -0.25) is 0 Å². The molecule has 2 atom stereocenters. The summed E-state index contributed by atoms with van der Waals surface area (Å²) in [6.45, 7) is 7.71. The van der Waals surface area contributed by atoms with Gasteiger partial charge in [-0.05, 0) is 25.8 Å². The Morgan fingerprint density at radius 2 is 1.81 bits per heavy atom. The zero-order valence-corrected chi connectivity index (χ0v) is 18.1. The summed E-state index contributed by atoms with van der Waals surface area (Å²) in [4.78, 5) is 12.9. The molecule has 2 N–H and O–H groups in total. The molecule has 2 aromatic heterocycles. The summed E-state index contributed by atoms with van der Waals surface area (Å²) in [5.74, 6) is 0.475. The van der Waals surface area contributed by atoms with Gasteiger partial charge >= 0.3 is 6.18 Å². The molecule has 0 bridgehead atoms. The van der Waals surface area contributed by atoms with Gasteiger partial charge in [-0.2, -0.15) is 13.2 Å². The van der Waals surface area contributed by atoms with Crippen LogP contribution in [0, 0.1) is 0 Å². The first-order valence-corrected chi connectivity index (χ1v) is 10.4. The van der Waals surface area contributed by atoms with Gasteiger partial charge in [-0.1, -0.05) is 13.8 Å². The maximum absolute atomic E-state index is 13.7. The smallest absolute Gasteiger partial charge is 0.434 e. The normalized spacial score (nSPS) is 18.9. The minimum absolute atomic E-state index is 0.00324. The standard InChI is InChI=1S/C21H28F3N5O2/c1-5-13-18(12-8-9-17(30-4)29-19(12)21(22,23)24)26-14(6-2)20(27-13)28-15-10-25-11-16(15)31-7-3/h8-9,15-16,25H,5-7,10-11H2,1-4H3,(H,27,28)/t15-,16-/m1/s1. The van der Waals surface area contributed by atoms with Crippen LogP contribution in [-0.2, 0) is 23.8 Å². The summed E-state index contributed by atoms with van der Waals surface area (Å²) in [5.41, 5.74) is 0.122. The van der Waals surface area contributed by atoms with E-state index in [0.717, 1.165) is 6.54 Å². The Hall–Kier alpha value is -2.46. The second-order valence-corrected chi connectivity index (χ2v) is 7.17. The number of hydrogen-bond donors (Lipinski definition) is 2. The lowest BCUT2D eigenvalue weighted by molar-refractivity contribution is -0.140. The number of rotatable bonds is 8. The molecule has 2 aromatic rings. The Labute approximate surface area is 179 Å². The first-order chi connectivity index (χ1) is 14.8. The number of hydrogen-bond acceptors (Lipinski definition) is 7. The monoisotopic (exact) mass is 439 g/mol. The number of ether oxygens (including phenoxy) is 2. The van der Waals surface area contributed by atoms with E-state index in [9.17, 15) is 13.2 Å². The van der Waals surface area contributed by atoms with E-state index in [1.165, 1.54) is 19.2 Å². The third kappa shape index (κ3) is 5.07. The Balaban J connectivity index is 2.06. The summed E-state index contributed by atoms with van der Waals surface area (Å²) >= 11 is 0. The van der Waals surface area contributed by atoms with E-state index in [0.29, 0.717) is 43.2 Å². The van der Waals surface area contributed by atoms with Gasteiger partial charge < -0.3 is 20.1 Å². The lowest BCUT2D eigenvalue weighted by atomic mass is 10.0. The second kappa shape index (κ2) is 9.78. The molecule has 1 saturated heterocycles. The minimum Gasteiger partial charge on any atom is -0.481 e. The molecular weight excluding hydrogens is 411 g/mol. The number of halogens is 3. The largest absolute Gasteiger partial charge is 0.481 e. The van der Waals surface area contributed by atoms with Gasteiger partial charge in [0.2, 0.25) is 5.88 Å². The van der Waals surface area contributed by atoms with Gasteiger partial charge in [0.05, 0.1) is 36.3 Å². The van der Waals surface area contributed by atoms with Crippen LogP contribution in [0.4, 0.5) is 19.0 Å². The molecule has 1 fully saturated rings. The highest BCUT2D eigenvalue weighted by molar-refractivity contribution is 5.67. The number of pyridine rings is 1. The third-order valence-corrected chi connectivity index (χ3v) is 5.17. The van der Waals surface area contributed by atoms with E-state index in [2.05, 4.69) is 25.6 Å². The summed E-state index contributed by atoms with van der Waals surface area (Å²) in [6, 6.07) is 2.75. The molecular formula is C21H28F3N5O2. The molecule has 0 amide bonds. The second-order valence-electron chi connectivity index (χ2n) is 7.17. The molecule has 1 aliphatic heterocycles. The van der Waals surface area contributed by atoms with E-state index >= 15 is 0 Å². The maximum Gasteiger partial charge on any atom is 0.434 e. The van der Waals surface area contributed by atoms with E-state index in [1.807, 2.05) is 20.8 Å². The number of anilines is 1. The zero-order valence-electron chi connectivity index (χ0n) is 18.1. The van der Waals surface area contributed by atoms with Crippen LogP contribution in [0.2, 0.25) is 0 Å². The highest BCUT2D eigenvalue weighted by Gasteiger charge is 2.37. The van der Waals surface area contributed by atoms with Crippen LogP contribution in [0.25, 0.3) is 11.3 Å². The fourth-order valence-corrected chi connectivity index (χ4v) is 3.65. The predicted octanol–water partition coefficient (Wildman–Crippen LogP) is 3.48. The van der Waals surface area contributed by atoms with Gasteiger partial charge in [-0.15, -0.1) is 0 Å². The zero-order chi connectivity index (χ0) is 22.6. The van der Waals surface area contributed by atoms with Crippen molar-refractivity contribution in [3.8, 4) is 17.1 Å². The van der Waals surface area contributed by atoms with E-state index in [4.69, 9.17) is 9.47 Å². The quantitative estimate of drug-likeness (QED) is 0.652. The van der Waals surface area contributed by atoms with Crippen LogP contribution in [0.5, 0.6) is 5.88 Å². The van der Waals surface area contributed by atoms with Crippen LogP contribution < -0.4 is 15.4 Å². The van der Waals surface area contributed by atoms with Gasteiger partial charge in [0.1, 0.15) is 5.82 Å². The van der Waals surface area contributed by atoms with Crippen LogP contribution in [0.15, 0.2) is 12.1 Å². The van der Waals surface area contributed by atoms with Crippen LogP contribution >= 0.6 is 0 Å². The molecule has 0 aromatic carbocycles. The van der Waals surface area contributed by atoms with Crippen molar-refractivity contribution >= 4 is 5.82 Å². The molecule has 10 heteroatoms. The van der Waals surface area contributed by atoms with Crippen molar-refractivity contribution in [2.75, 3.05) is 32.1 Å². The third-order valence-electron chi connectivity index (χ3n) is 5.17. The van der Waals surface area contributed by atoms with Gasteiger partial charge in [-0.25, -0.2) is 15.0 Å². The van der Waals surface area contributed by atoms with E-state index < -0.39 is 11.9 Å². The van der Waals surface area contributed by atoms with Crippen LogP contribution in [0.3, 0.4) is 0 Å². The number of aromatic nitrogens is 3. The molecule has 0 unspecified atom stereocenters. The van der Waals surface area contributed by atoms with Crippen molar-refractivity contribution in [1.82, 2.24) is 20.3 Å². The van der Waals surface area contributed by atoms with Crippen molar-refractivity contribution in [2.24, 2.45) is 0 Å². The number of methoxy groups -OCH3 is 1. The summed E-state index contributed by atoms with van der Waals surface area (Å²) in [6.07, 6.45) is -3.73. The van der Waals surface area contributed by atoms with E-state index in [-0.39, 0.29) is 29.3 Å². The molecule has 3 heterocycles. The van der Waals surface area contributed by atoms with Crippen molar-refractivity contribution in [3.05, 3.63) is 29.2 Å². The molecule has 0 spiro atoms. The summed E-state index contributed by atoms with van der Waals surface area (Å²) in [5, 5.41) is 6.68. The molecule has 0 saturated carbocycles. The van der Waals surface area contributed by atoms with Crippen molar-refractivity contribution in [2.45, 2.75) is 51.9 Å². The number of aryl methyl sites for hydroxylation is 2. The SMILES string of the molecule is CCO[C@@H]1CNC[C@H]1Nc1nc(CC)c(-c2ccc(OC)nc2C(F)(F)F)nc1CC. The van der Waals surface area contributed by atoms with E-state index in [1.54, 1.807) is 0 Å². The lowest BCUT2D eigenvalue weighted by Gasteiger charge is -2.23. The van der Waals surface area contributed by atoms with Crippen molar-refractivity contribution in [1.29, 1.82) is 0 Å². The Morgan fingerprint density at radius 1 is 1.06 bits per heavy atom. The maximum atomic E-state index is 13.7. The van der Waals surface area contributed by atoms with Gasteiger partial charge in [0.15, 0.2) is 5.69 Å². The number of alkyl halides is 3. The summed E-state index contributed by atoms with van der Waals surface area (Å²) < 4.78 is 51.9. The average Bonchev–Trinajstić information content (AvgIpc) is 3.19. The van der Waals surface area contributed by atoms with Crippen molar-refractivity contribution < 1.29 is 22.6 Å². The average molecular weight is 439 g/mol. The van der Waals surface area contributed by atoms with Gasteiger partial charge in [0.25, 0.3) is 0 Å². The minimum atomic E-state index is -4.65. The molecule has 3 rings (SSSR count). The molecule has 31 heavy (non-hydrogen) atoms. The lowest BCUT2D eigenvalue weighted by Crippen LogP contribution is -2.35. The summed E-state index contributed by atoms with van der Waals surface area (Å²) in [7, 11) is 1.28. The molecule has 0 radical (unpaired) electrons. The first kappa shape index (κ1) is 23.2. The van der Waals surface area contributed by atoms with Crippen LogP contribution in [-0.4, -0.2) is 53.9 Å². The molecule has 1 aliphatic rings. The fourth-order valence-electron chi connectivity index (χ4n) is 3.65. The number of nitrogens with zero attached hydrogens (tertiary/aromatic N) is 3. The van der Waals surface area contributed by atoms with Gasteiger partial charge in [0, 0.05) is 31.3 Å². The first-order valence-electron chi connectivity index (χ1n) is 10.4. The fraction of sp³-hybridized carbons (Fsp3) is 0.571. The number of nitrogens with one attached hydrogen (secondary N) is 2. The Morgan fingerprint density at radius 3 is 2.42 bits per heavy atom. The Kier molecular flexibility index (Phi) is 7.32. The highest BCUT2D eigenvalue weighted by atomic mass is 19.4. The van der Waals surface area contributed by atoms with Crippen molar-refractivity contribution in [3.63, 3.8) is 0 Å².